The van der Waals surface area contributed by atoms with Crippen molar-refractivity contribution in [3.05, 3.63) is 76.1 Å². The molecule has 0 radical (unpaired) electrons. The van der Waals surface area contributed by atoms with Gasteiger partial charge in [0, 0.05) is 23.5 Å². The first-order chi connectivity index (χ1) is 12.6. The Kier molecular flexibility index (Phi) is 5.49. The lowest BCUT2D eigenvalue weighted by Crippen LogP contribution is -2.22. The van der Waals surface area contributed by atoms with Gasteiger partial charge in [0.05, 0.1) is 18.7 Å². The second-order valence-corrected chi connectivity index (χ2v) is 6.50. The predicted octanol–water partition coefficient (Wildman–Crippen LogP) is 2.74. The van der Waals surface area contributed by atoms with Crippen LogP contribution in [0.15, 0.2) is 64.4 Å². The Morgan fingerprint density at radius 2 is 1.69 bits per heavy atom. The third-order valence-electron chi connectivity index (χ3n) is 4.27. The molecule has 1 heterocycles. The molecule has 0 bridgehead atoms. The van der Waals surface area contributed by atoms with E-state index in [0.717, 1.165) is 12.1 Å². The SMILES string of the molecule is CN(C)CCN=Cc1c(O)n(Cc2ccccc2)c(=O)c2ccccc12. The molecule has 0 saturated heterocycles. The van der Waals surface area contributed by atoms with Crippen LogP contribution in [0.1, 0.15) is 11.1 Å². The molecule has 5 nitrogen and oxygen atoms in total. The van der Waals surface area contributed by atoms with Gasteiger partial charge in [-0.3, -0.25) is 14.4 Å². The van der Waals surface area contributed by atoms with Crippen molar-refractivity contribution >= 4 is 17.0 Å². The average Bonchev–Trinajstić information content (AvgIpc) is 2.65. The molecule has 1 N–H and O–H groups in total. The van der Waals surface area contributed by atoms with Crippen molar-refractivity contribution in [2.24, 2.45) is 4.99 Å². The molecule has 0 unspecified atom stereocenters. The molecule has 0 aliphatic carbocycles. The van der Waals surface area contributed by atoms with E-state index in [2.05, 4.69) is 4.99 Å². The van der Waals surface area contributed by atoms with Gasteiger partial charge in [0.15, 0.2) is 0 Å². The number of rotatable bonds is 6. The quantitative estimate of drug-likeness (QED) is 0.696. The highest BCUT2D eigenvalue weighted by Gasteiger charge is 2.14. The normalized spacial score (nSPS) is 11.7. The van der Waals surface area contributed by atoms with Crippen molar-refractivity contribution in [2.45, 2.75) is 6.54 Å². The fourth-order valence-corrected chi connectivity index (χ4v) is 2.87. The van der Waals surface area contributed by atoms with Crippen molar-refractivity contribution in [2.75, 3.05) is 27.2 Å². The van der Waals surface area contributed by atoms with Crippen LogP contribution in [0.5, 0.6) is 5.88 Å². The molecule has 0 saturated carbocycles. The maximum absolute atomic E-state index is 12.9. The molecule has 26 heavy (non-hydrogen) atoms. The summed E-state index contributed by atoms with van der Waals surface area (Å²) in [5.74, 6) is -0.0499. The molecule has 0 fully saturated rings. The summed E-state index contributed by atoms with van der Waals surface area (Å²) in [6.45, 7) is 1.76. The van der Waals surface area contributed by atoms with Crippen LogP contribution in [0.3, 0.4) is 0 Å². The molecule has 0 atom stereocenters. The van der Waals surface area contributed by atoms with Crippen molar-refractivity contribution in [1.29, 1.82) is 0 Å². The van der Waals surface area contributed by atoms with E-state index in [4.69, 9.17) is 0 Å². The van der Waals surface area contributed by atoms with E-state index in [1.54, 1.807) is 12.3 Å². The first-order valence-electron chi connectivity index (χ1n) is 8.61. The second-order valence-electron chi connectivity index (χ2n) is 6.50. The Morgan fingerprint density at radius 1 is 1.04 bits per heavy atom. The first kappa shape index (κ1) is 17.9. The summed E-state index contributed by atoms with van der Waals surface area (Å²) in [5.41, 5.74) is 1.33. The lowest BCUT2D eigenvalue weighted by atomic mass is 10.1. The van der Waals surface area contributed by atoms with Gasteiger partial charge in [-0.2, -0.15) is 0 Å². The molecule has 134 valence electrons. The summed E-state index contributed by atoms with van der Waals surface area (Å²) < 4.78 is 1.41. The number of fused-ring (bicyclic) bond motifs is 1. The smallest absolute Gasteiger partial charge is 0.261 e. The topological polar surface area (TPSA) is 57.8 Å². The minimum atomic E-state index is -0.201. The van der Waals surface area contributed by atoms with E-state index in [1.807, 2.05) is 67.5 Å². The van der Waals surface area contributed by atoms with Crippen LogP contribution in [0.25, 0.3) is 10.8 Å². The Balaban J connectivity index is 2.09. The summed E-state index contributed by atoms with van der Waals surface area (Å²) in [4.78, 5) is 19.4. The van der Waals surface area contributed by atoms with Gasteiger partial charge >= 0.3 is 0 Å². The number of aromatic hydroxyl groups is 1. The van der Waals surface area contributed by atoms with Gasteiger partial charge in [-0.05, 0) is 25.7 Å². The molecule has 0 amide bonds. The van der Waals surface area contributed by atoms with Crippen LogP contribution in [0, 0.1) is 0 Å². The summed E-state index contributed by atoms with van der Waals surface area (Å²) in [6.07, 6.45) is 1.67. The van der Waals surface area contributed by atoms with E-state index in [0.29, 0.717) is 29.4 Å². The van der Waals surface area contributed by atoms with Gasteiger partial charge in [-0.1, -0.05) is 48.5 Å². The predicted molar refractivity (Wildman–Crippen MR) is 106 cm³/mol. The Labute approximate surface area is 152 Å². The van der Waals surface area contributed by atoms with Crippen molar-refractivity contribution in [3.8, 4) is 5.88 Å². The lowest BCUT2D eigenvalue weighted by Gasteiger charge is -2.14. The largest absolute Gasteiger partial charge is 0.494 e. The highest BCUT2D eigenvalue weighted by molar-refractivity contribution is 6.01. The minimum Gasteiger partial charge on any atom is -0.494 e. The number of aromatic nitrogens is 1. The zero-order valence-electron chi connectivity index (χ0n) is 15.1. The number of likely N-dealkylation sites (N-methyl/N-ethyl adjacent to an activating group) is 1. The van der Waals surface area contributed by atoms with Gasteiger partial charge in [0.1, 0.15) is 0 Å². The molecule has 1 aromatic heterocycles. The third-order valence-corrected chi connectivity index (χ3v) is 4.27. The number of pyridine rings is 1. The molecule has 0 aliphatic rings. The standard InChI is InChI=1S/C21H23N3O2/c1-23(2)13-12-22-14-19-17-10-6-7-11-18(17)20(25)24(21(19)26)15-16-8-4-3-5-9-16/h3-11,14,26H,12-13,15H2,1-2H3. The molecule has 5 heteroatoms. The Hall–Kier alpha value is -2.92. The van der Waals surface area contributed by atoms with Crippen LogP contribution in [0.2, 0.25) is 0 Å². The van der Waals surface area contributed by atoms with Crippen LogP contribution in [0.4, 0.5) is 0 Å². The number of hydrogen-bond donors (Lipinski definition) is 1. The van der Waals surface area contributed by atoms with E-state index in [9.17, 15) is 9.90 Å². The fraction of sp³-hybridized carbons (Fsp3) is 0.238. The number of nitrogens with zero attached hydrogens (tertiary/aromatic N) is 3. The van der Waals surface area contributed by atoms with E-state index >= 15 is 0 Å². The van der Waals surface area contributed by atoms with Crippen molar-refractivity contribution in [1.82, 2.24) is 9.47 Å². The van der Waals surface area contributed by atoms with Crippen LogP contribution < -0.4 is 5.56 Å². The Morgan fingerprint density at radius 3 is 2.38 bits per heavy atom. The summed E-state index contributed by atoms with van der Waals surface area (Å²) in [5, 5.41) is 12.1. The van der Waals surface area contributed by atoms with Gasteiger partial charge in [0.2, 0.25) is 5.88 Å². The van der Waals surface area contributed by atoms with Gasteiger partial charge < -0.3 is 10.0 Å². The monoisotopic (exact) mass is 349 g/mol. The lowest BCUT2D eigenvalue weighted by molar-refractivity contribution is 0.415. The van der Waals surface area contributed by atoms with E-state index in [-0.39, 0.29) is 11.4 Å². The van der Waals surface area contributed by atoms with Crippen molar-refractivity contribution < 1.29 is 5.11 Å². The van der Waals surface area contributed by atoms with Crippen LogP contribution >= 0.6 is 0 Å². The Bertz CT molecular complexity index is 976. The van der Waals surface area contributed by atoms with Crippen LogP contribution in [-0.2, 0) is 6.54 Å². The molecular weight excluding hydrogens is 326 g/mol. The zero-order valence-corrected chi connectivity index (χ0v) is 15.1. The highest BCUT2D eigenvalue weighted by atomic mass is 16.3. The van der Waals surface area contributed by atoms with Crippen molar-refractivity contribution in [3.63, 3.8) is 0 Å². The highest BCUT2D eigenvalue weighted by Crippen LogP contribution is 2.23. The number of hydrogen-bond acceptors (Lipinski definition) is 4. The molecular formula is C21H23N3O2. The summed E-state index contributed by atoms with van der Waals surface area (Å²) in [7, 11) is 3.98. The molecule has 2 aromatic carbocycles. The third kappa shape index (κ3) is 3.83. The zero-order chi connectivity index (χ0) is 18.5. The van der Waals surface area contributed by atoms with Gasteiger partial charge in [-0.15, -0.1) is 0 Å². The van der Waals surface area contributed by atoms with Gasteiger partial charge in [0.25, 0.3) is 5.56 Å². The average molecular weight is 349 g/mol. The summed E-state index contributed by atoms with van der Waals surface area (Å²) >= 11 is 0. The number of aliphatic imine (C=N–C) groups is 1. The number of benzene rings is 2. The van der Waals surface area contributed by atoms with Gasteiger partial charge in [-0.25, -0.2) is 0 Å². The molecule has 3 rings (SSSR count). The molecule has 0 spiro atoms. The van der Waals surface area contributed by atoms with E-state index in [1.165, 1.54) is 4.57 Å². The fourth-order valence-electron chi connectivity index (χ4n) is 2.87. The molecule has 0 aliphatic heterocycles. The maximum Gasteiger partial charge on any atom is 0.261 e. The summed E-state index contributed by atoms with van der Waals surface area (Å²) in [6, 6.07) is 17.0. The van der Waals surface area contributed by atoms with Crippen LogP contribution in [-0.4, -0.2) is 48.0 Å². The first-order valence-corrected chi connectivity index (χ1v) is 8.61. The minimum absolute atomic E-state index is 0.0499. The maximum atomic E-state index is 12.9. The second kappa shape index (κ2) is 7.97. The van der Waals surface area contributed by atoms with E-state index < -0.39 is 0 Å². The molecule has 3 aromatic rings.